The molecule has 0 aliphatic carbocycles. The molecule has 0 fully saturated rings. The van der Waals surface area contributed by atoms with Crippen molar-refractivity contribution in [1.82, 2.24) is 14.3 Å². The summed E-state index contributed by atoms with van der Waals surface area (Å²) in [5.41, 5.74) is 1.91. The number of ether oxygens (including phenoxy) is 1. The van der Waals surface area contributed by atoms with Crippen LogP contribution in [0, 0.1) is 6.92 Å². The minimum Gasteiger partial charge on any atom is -0.492 e. The topological polar surface area (TPSA) is 73.2 Å². The lowest BCUT2D eigenvalue weighted by Crippen LogP contribution is -2.26. The number of aryl methyl sites for hydroxylation is 2. The third-order valence-corrected chi connectivity index (χ3v) is 5.79. The number of rotatable bonds is 9. The van der Waals surface area contributed by atoms with Crippen LogP contribution in [0.1, 0.15) is 18.9 Å². The van der Waals surface area contributed by atoms with Gasteiger partial charge in [0.25, 0.3) is 0 Å². The molecule has 28 heavy (non-hydrogen) atoms. The smallest absolute Gasteiger partial charge is 0.244 e. The average molecular weight is 400 g/mol. The van der Waals surface area contributed by atoms with Gasteiger partial charge in [-0.3, -0.25) is 0 Å². The summed E-state index contributed by atoms with van der Waals surface area (Å²) in [5, 5.41) is 0. The van der Waals surface area contributed by atoms with Gasteiger partial charge in [-0.25, -0.2) is 18.1 Å². The van der Waals surface area contributed by atoms with E-state index in [1.165, 1.54) is 0 Å². The zero-order chi connectivity index (χ0) is 20.0. The fourth-order valence-electron chi connectivity index (χ4n) is 2.97. The maximum absolute atomic E-state index is 12.7. The van der Waals surface area contributed by atoms with Crippen molar-refractivity contribution in [2.24, 2.45) is 0 Å². The zero-order valence-corrected chi connectivity index (χ0v) is 16.9. The molecule has 0 saturated heterocycles. The van der Waals surface area contributed by atoms with E-state index in [2.05, 4.69) is 9.71 Å². The van der Waals surface area contributed by atoms with Crippen LogP contribution in [0.4, 0.5) is 0 Å². The largest absolute Gasteiger partial charge is 0.492 e. The molecule has 0 bridgehead atoms. The molecule has 0 atom stereocenters. The lowest BCUT2D eigenvalue weighted by molar-refractivity contribution is 0.331. The van der Waals surface area contributed by atoms with Crippen LogP contribution in [0.2, 0.25) is 0 Å². The zero-order valence-electron chi connectivity index (χ0n) is 16.1. The Labute approximate surface area is 166 Å². The van der Waals surface area contributed by atoms with Crippen LogP contribution in [0.25, 0.3) is 11.4 Å². The van der Waals surface area contributed by atoms with Gasteiger partial charge < -0.3 is 9.30 Å². The molecule has 0 unspecified atom stereocenters. The predicted molar refractivity (Wildman–Crippen MR) is 110 cm³/mol. The molecule has 0 saturated carbocycles. The molecule has 7 heteroatoms. The number of imidazole rings is 1. The highest BCUT2D eigenvalue weighted by molar-refractivity contribution is 7.89. The van der Waals surface area contributed by atoms with Gasteiger partial charge in [-0.15, -0.1) is 0 Å². The molecule has 3 aromatic rings. The van der Waals surface area contributed by atoms with E-state index in [9.17, 15) is 8.42 Å². The third kappa shape index (κ3) is 4.79. The SMILES string of the molecule is CCOc1ccc(C)cc1S(=O)(=O)NCCCn1ccnc1-c1ccccc1. The summed E-state index contributed by atoms with van der Waals surface area (Å²) in [6.07, 6.45) is 4.31. The first kappa shape index (κ1) is 20.1. The van der Waals surface area contributed by atoms with Gasteiger partial charge in [-0.1, -0.05) is 36.4 Å². The van der Waals surface area contributed by atoms with E-state index < -0.39 is 10.0 Å². The van der Waals surface area contributed by atoms with E-state index in [0.717, 1.165) is 17.0 Å². The Morgan fingerprint density at radius 1 is 1.14 bits per heavy atom. The molecular formula is C21H25N3O3S. The van der Waals surface area contributed by atoms with Crippen LogP contribution in [0.15, 0.2) is 65.8 Å². The molecule has 0 amide bonds. The number of nitrogens with zero attached hydrogens (tertiary/aromatic N) is 2. The first-order chi connectivity index (χ1) is 13.5. The van der Waals surface area contributed by atoms with E-state index in [1.54, 1.807) is 18.3 Å². The molecule has 0 aliphatic heterocycles. The maximum Gasteiger partial charge on any atom is 0.244 e. The van der Waals surface area contributed by atoms with E-state index in [0.29, 0.717) is 31.9 Å². The quantitative estimate of drug-likeness (QED) is 0.558. The molecule has 2 aromatic carbocycles. The number of aromatic nitrogens is 2. The van der Waals surface area contributed by atoms with E-state index in [-0.39, 0.29) is 4.90 Å². The lowest BCUT2D eigenvalue weighted by Gasteiger charge is -2.13. The summed E-state index contributed by atoms with van der Waals surface area (Å²) in [6.45, 7) is 5.10. The van der Waals surface area contributed by atoms with Crippen molar-refractivity contribution in [1.29, 1.82) is 0 Å². The highest BCUT2D eigenvalue weighted by Crippen LogP contribution is 2.25. The van der Waals surface area contributed by atoms with Gasteiger partial charge in [-0.2, -0.15) is 0 Å². The minimum absolute atomic E-state index is 0.182. The Bertz CT molecular complexity index is 1010. The third-order valence-electron chi connectivity index (χ3n) is 4.30. The number of hydrogen-bond donors (Lipinski definition) is 1. The Morgan fingerprint density at radius 2 is 1.93 bits per heavy atom. The van der Waals surface area contributed by atoms with Crippen LogP contribution in [0.3, 0.4) is 0 Å². The molecule has 1 aromatic heterocycles. The van der Waals surface area contributed by atoms with Gasteiger partial charge in [0.05, 0.1) is 6.61 Å². The summed E-state index contributed by atoms with van der Waals surface area (Å²) < 4.78 is 35.6. The van der Waals surface area contributed by atoms with Crippen molar-refractivity contribution in [3.63, 3.8) is 0 Å². The maximum atomic E-state index is 12.7. The highest BCUT2D eigenvalue weighted by atomic mass is 32.2. The van der Waals surface area contributed by atoms with Crippen molar-refractivity contribution in [3.05, 3.63) is 66.5 Å². The van der Waals surface area contributed by atoms with E-state index in [4.69, 9.17) is 4.74 Å². The molecule has 1 N–H and O–H groups in total. The number of sulfonamides is 1. The molecule has 1 heterocycles. The highest BCUT2D eigenvalue weighted by Gasteiger charge is 2.19. The molecule has 148 valence electrons. The summed E-state index contributed by atoms with van der Waals surface area (Å²) in [7, 11) is -3.64. The number of hydrogen-bond acceptors (Lipinski definition) is 4. The number of nitrogens with one attached hydrogen (secondary N) is 1. The predicted octanol–water partition coefficient (Wildman–Crippen LogP) is 3.63. The average Bonchev–Trinajstić information content (AvgIpc) is 3.16. The first-order valence-corrected chi connectivity index (χ1v) is 10.8. The fourth-order valence-corrected chi connectivity index (χ4v) is 4.27. The molecule has 0 radical (unpaired) electrons. The van der Waals surface area contributed by atoms with Crippen molar-refractivity contribution < 1.29 is 13.2 Å². The Hall–Kier alpha value is -2.64. The number of benzene rings is 2. The molecule has 6 nitrogen and oxygen atoms in total. The van der Waals surface area contributed by atoms with Crippen LogP contribution in [-0.4, -0.2) is 31.1 Å². The Kier molecular flexibility index (Phi) is 6.49. The van der Waals surface area contributed by atoms with Crippen LogP contribution in [0.5, 0.6) is 5.75 Å². The Morgan fingerprint density at radius 3 is 2.68 bits per heavy atom. The molecule has 0 spiro atoms. The second kappa shape index (κ2) is 9.03. The summed E-state index contributed by atoms with van der Waals surface area (Å²) in [6, 6.07) is 15.1. The van der Waals surface area contributed by atoms with Gasteiger partial charge in [0.2, 0.25) is 10.0 Å². The summed E-state index contributed by atoms with van der Waals surface area (Å²) >= 11 is 0. The fraction of sp³-hybridized carbons (Fsp3) is 0.286. The van der Waals surface area contributed by atoms with Crippen LogP contribution in [-0.2, 0) is 16.6 Å². The first-order valence-electron chi connectivity index (χ1n) is 9.31. The normalized spacial score (nSPS) is 11.5. The van der Waals surface area contributed by atoms with Crippen molar-refractivity contribution in [3.8, 4) is 17.1 Å². The van der Waals surface area contributed by atoms with E-state index >= 15 is 0 Å². The van der Waals surface area contributed by atoms with Crippen molar-refractivity contribution in [2.45, 2.75) is 31.7 Å². The van der Waals surface area contributed by atoms with Crippen LogP contribution < -0.4 is 9.46 Å². The van der Waals surface area contributed by atoms with Crippen LogP contribution >= 0.6 is 0 Å². The lowest BCUT2D eigenvalue weighted by atomic mass is 10.2. The molecule has 3 rings (SSSR count). The minimum atomic E-state index is -3.64. The van der Waals surface area contributed by atoms with Crippen molar-refractivity contribution >= 4 is 10.0 Å². The van der Waals surface area contributed by atoms with Gasteiger partial charge in [0.1, 0.15) is 16.5 Å². The van der Waals surface area contributed by atoms with Gasteiger partial charge in [0.15, 0.2) is 0 Å². The van der Waals surface area contributed by atoms with Crippen molar-refractivity contribution in [2.75, 3.05) is 13.2 Å². The summed E-state index contributed by atoms with van der Waals surface area (Å²) in [5.74, 6) is 1.25. The second-order valence-electron chi connectivity index (χ2n) is 6.44. The second-order valence-corrected chi connectivity index (χ2v) is 8.18. The van der Waals surface area contributed by atoms with Gasteiger partial charge in [0, 0.05) is 31.0 Å². The van der Waals surface area contributed by atoms with Gasteiger partial charge in [-0.05, 0) is 38.0 Å². The summed E-state index contributed by atoms with van der Waals surface area (Å²) in [4.78, 5) is 4.59. The monoisotopic (exact) mass is 399 g/mol. The van der Waals surface area contributed by atoms with E-state index in [1.807, 2.05) is 61.0 Å². The molecular weight excluding hydrogens is 374 g/mol. The Balaban J connectivity index is 1.63. The molecule has 0 aliphatic rings. The van der Waals surface area contributed by atoms with Gasteiger partial charge >= 0.3 is 0 Å². The standard InChI is InChI=1S/C21H25N3O3S/c1-3-27-19-11-10-17(2)16-20(19)28(25,26)23-12-7-14-24-15-13-22-21(24)18-8-5-4-6-9-18/h4-6,8-11,13,15-16,23H,3,7,12,14H2,1-2H3.